The fourth-order valence-electron chi connectivity index (χ4n) is 2.55. The maximum absolute atomic E-state index is 11.8. The smallest absolute Gasteiger partial charge is 0.379 e. The average molecular weight is 385 g/mol. The molecule has 27 heavy (non-hydrogen) atoms. The summed E-state index contributed by atoms with van der Waals surface area (Å²) >= 11 is 6.05. The summed E-state index contributed by atoms with van der Waals surface area (Å²) in [7, 11) is 1.14. The van der Waals surface area contributed by atoms with Gasteiger partial charge >= 0.3 is 5.97 Å². The number of benzene rings is 3. The molecule has 0 aliphatic carbocycles. The van der Waals surface area contributed by atoms with Gasteiger partial charge in [-0.3, -0.25) is 4.79 Å². The van der Waals surface area contributed by atoms with E-state index in [1.165, 1.54) is 12.1 Å². The van der Waals surface area contributed by atoms with Crippen LogP contribution in [0.15, 0.2) is 60.7 Å². The number of rotatable bonds is 7. The van der Waals surface area contributed by atoms with E-state index in [0.717, 1.165) is 23.6 Å². The van der Waals surface area contributed by atoms with Gasteiger partial charge in [0.15, 0.2) is 0 Å². The second kappa shape index (κ2) is 8.56. The number of ketones is 1. The third kappa shape index (κ3) is 4.57. The summed E-state index contributed by atoms with van der Waals surface area (Å²) < 4.78 is 15.7. The molecule has 0 unspecified atom stereocenters. The Morgan fingerprint density at radius 2 is 1.48 bits per heavy atom. The fourth-order valence-corrected chi connectivity index (χ4v) is 2.80. The molecule has 0 aliphatic rings. The van der Waals surface area contributed by atoms with Crippen LogP contribution in [-0.4, -0.2) is 32.1 Å². The Bertz CT molecular complexity index is 983. The van der Waals surface area contributed by atoms with E-state index in [0.29, 0.717) is 19.0 Å². The minimum atomic E-state index is -0.964. The molecule has 0 atom stereocenters. The SMILES string of the molecule is COC(=O)C(=O)c1ccc(OCCOc2ccc3ccccc3c2)cc1Cl. The number of carbonyl (C=O) groups excluding carboxylic acids is 2. The van der Waals surface area contributed by atoms with Crippen molar-refractivity contribution in [2.45, 2.75) is 0 Å². The number of fused-ring (bicyclic) bond motifs is 1. The number of Topliss-reactive ketones (excluding diaryl/α,β-unsaturated/α-hetero) is 1. The highest BCUT2D eigenvalue weighted by Crippen LogP contribution is 2.24. The fraction of sp³-hybridized carbons (Fsp3) is 0.143. The van der Waals surface area contributed by atoms with E-state index in [2.05, 4.69) is 4.74 Å². The van der Waals surface area contributed by atoms with Gasteiger partial charge in [0.2, 0.25) is 0 Å². The maximum Gasteiger partial charge on any atom is 0.379 e. The van der Waals surface area contributed by atoms with Crippen molar-refractivity contribution in [2.75, 3.05) is 20.3 Å². The van der Waals surface area contributed by atoms with Gasteiger partial charge in [-0.25, -0.2) is 4.79 Å². The van der Waals surface area contributed by atoms with E-state index >= 15 is 0 Å². The number of methoxy groups -OCH3 is 1. The Hall–Kier alpha value is -3.05. The molecule has 0 N–H and O–H groups in total. The number of hydrogen-bond acceptors (Lipinski definition) is 5. The van der Waals surface area contributed by atoms with Crippen LogP contribution < -0.4 is 9.47 Å². The zero-order valence-corrected chi connectivity index (χ0v) is 15.4. The summed E-state index contributed by atoms with van der Waals surface area (Å²) in [4.78, 5) is 23.1. The Balaban J connectivity index is 1.54. The van der Waals surface area contributed by atoms with Crippen LogP contribution >= 0.6 is 11.6 Å². The molecule has 0 spiro atoms. The molecular weight excluding hydrogens is 368 g/mol. The minimum Gasteiger partial charge on any atom is -0.490 e. The summed E-state index contributed by atoms with van der Waals surface area (Å²) in [6.45, 7) is 0.645. The van der Waals surface area contributed by atoms with Gasteiger partial charge in [0.05, 0.1) is 12.1 Å². The molecule has 0 fully saturated rings. The average Bonchev–Trinajstić information content (AvgIpc) is 2.70. The molecule has 0 amide bonds. The second-order valence-electron chi connectivity index (χ2n) is 5.67. The molecule has 0 aliphatic heterocycles. The van der Waals surface area contributed by atoms with Crippen LogP contribution in [0, 0.1) is 0 Å². The molecule has 3 rings (SSSR count). The van der Waals surface area contributed by atoms with Crippen molar-refractivity contribution in [3.8, 4) is 11.5 Å². The summed E-state index contributed by atoms with van der Waals surface area (Å²) in [5.41, 5.74) is 0.0725. The van der Waals surface area contributed by atoms with Crippen molar-refractivity contribution in [2.24, 2.45) is 0 Å². The van der Waals surface area contributed by atoms with Crippen molar-refractivity contribution >= 4 is 34.1 Å². The third-order valence-electron chi connectivity index (χ3n) is 3.90. The van der Waals surface area contributed by atoms with Crippen molar-refractivity contribution in [1.29, 1.82) is 0 Å². The van der Waals surface area contributed by atoms with Crippen LogP contribution in [0.3, 0.4) is 0 Å². The molecule has 0 radical (unpaired) electrons. The molecule has 138 valence electrons. The van der Waals surface area contributed by atoms with Gasteiger partial charge in [0, 0.05) is 5.56 Å². The van der Waals surface area contributed by atoms with E-state index in [9.17, 15) is 9.59 Å². The van der Waals surface area contributed by atoms with Crippen LogP contribution in [-0.2, 0) is 9.53 Å². The lowest BCUT2D eigenvalue weighted by atomic mass is 10.1. The highest BCUT2D eigenvalue weighted by atomic mass is 35.5. The molecule has 5 nitrogen and oxygen atoms in total. The van der Waals surface area contributed by atoms with Gasteiger partial charge in [-0.15, -0.1) is 0 Å². The molecule has 0 saturated heterocycles. The van der Waals surface area contributed by atoms with Crippen LogP contribution in [0.1, 0.15) is 10.4 Å². The molecule has 0 heterocycles. The zero-order valence-electron chi connectivity index (χ0n) is 14.6. The predicted molar refractivity (Wildman–Crippen MR) is 103 cm³/mol. The molecule has 3 aromatic rings. The summed E-state index contributed by atoms with van der Waals surface area (Å²) in [6.07, 6.45) is 0. The Morgan fingerprint density at radius 3 is 2.15 bits per heavy atom. The number of esters is 1. The largest absolute Gasteiger partial charge is 0.490 e. The van der Waals surface area contributed by atoms with Crippen molar-refractivity contribution in [3.05, 3.63) is 71.2 Å². The van der Waals surface area contributed by atoms with Gasteiger partial charge < -0.3 is 14.2 Å². The van der Waals surface area contributed by atoms with Crippen molar-refractivity contribution < 1.29 is 23.8 Å². The first kappa shape index (κ1) is 18.7. The van der Waals surface area contributed by atoms with E-state index in [1.54, 1.807) is 6.07 Å². The standard InChI is InChI=1S/C21H17ClO5/c1-25-21(24)20(23)18-9-8-17(13-19(18)22)27-11-10-26-16-7-6-14-4-2-3-5-15(14)12-16/h2-9,12-13H,10-11H2,1H3. The normalized spacial score (nSPS) is 10.4. The second-order valence-corrected chi connectivity index (χ2v) is 6.08. The molecule has 0 saturated carbocycles. The topological polar surface area (TPSA) is 61.8 Å². The van der Waals surface area contributed by atoms with Crippen molar-refractivity contribution in [1.82, 2.24) is 0 Å². The quantitative estimate of drug-likeness (QED) is 0.263. The molecule has 0 bridgehead atoms. The lowest BCUT2D eigenvalue weighted by Crippen LogP contribution is -2.16. The number of ether oxygens (including phenoxy) is 3. The van der Waals surface area contributed by atoms with Crippen molar-refractivity contribution in [3.63, 3.8) is 0 Å². The van der Waals surface area contributed by atoms with Gasteiger partial charge in [-0.2, -0.15) is 0 Å². The monoisotopic (exact) mass is 384 g/mol. The highest BCUT2D eigenvalue weighted by Gasteiger charge is 2.19. The Morgan fingerprint density at radius 1 is 0.852 bits per heavy atom. The summed E-state index contributed by atoms with van der Waals surface area (Å²) in [6, 6.07) is 18.4. The van der Waals surface area contributed by atoms with E-state index < -0.39 is 11.8 Å². The lowest BCUT2D eigenvalue weighted by Gasteiger charge is -2.10. The molecule has 6 heteroatoms. The van der Waals surface area contributed by atoms with Crippen LogP contribution in [0.5, 0.6) is 11.5 Å². The van der Waals surface area contributed by atoms with Crippen LogP contribution in [0.4, 0.5) is 0 Å². The predicted octanol–water partition coefficient (Wildman–Crippen LogP) is 4.31. The molecule has 3 aromatic carbocycles. The summed E-state index contributed by atoms with van der Waals surface area (Å²) in [5.74, 6) is -0.527. The number of halogens is 1. The maximum atomic E-state index is 11.8. The van der Waals surface area contributed by atoms with Gasteiger partial charge in [-0.1, -0.05) is 41.9 Å². The molecular formula is C21H17ClO5. The van der Waals surface area contributed by atoms with E-state index in [-0.39, 0.29) is 10.6 Å². The minimum absolute atomic E-state index is 0.0725. The zero-order chi connectivity index (χ0) is 19.2. The van der Waals surface area contributed by atoms with E-state index in [1.807, 2.05) is 42.5 Å². The Kier molecular flexibility index (Phi) is 5.94. The first-order chi connectivity index (χ1) is 13.1. The van der Waals surface area contributed by atoms with Gasteiger partial charge in [0.1, 0.15) is 24.7 Å². The van der Waals surface area contributed by atoms with Crippen LogP contribution in [0.25, 0.3) is 10.8 Å². The first-order valence-electron chi connectivity index (χ1n) is 8.25. The van der Waals surface area contributed by atoms with E-state index in [4.69, 9.17) is 21.1 Å². The van der Waals surface area contributed by atoms with Crippen LogP contribution in [0.2, 0.25) is 5.02 Å². The highest BCUT2D eigenvalue weighted by molar-refractivity contribution is 6.45. The van der Waals surface area contributed by atoms with Gasteiger partial charge in [-0.05, 0) is 41.1 Å². The summed E-state index contributed by atoms with van der Waals surface area (Å²) in [5, 5.41) is 2.38. The number of carbonyl (C=O) groups is 2. The third-order valence-corrected chi connectivity index (χ3v) is 4.21. The van der Waals surface area contributed by atoms with Gasteiger partial charge in [0.25, 0.3) is 5.78 Å². The molecule has 0 aromatic heterocycles. The Labute approximate surface area is 161 Å². The first-order valence-corrected chi connectivity index (χ1v) is 8.63. The number of hydrogen-bond donors (Lipinski definition) is 0. The lowest BCUT2D eigenvalue weighted by molar-refractivity contribution is -0.135.